The minimum atomic E-state index is -3.81. The molecule has 2 N–H and O–H groups in total. The van der Waals surface area contributed by atoms with Gasteiger partial charge in [0.15, 0.2) is 5.82 Å². The van der Waals surface area contributed by atoms with Crippen molar-refractivity contribution in [1.29, 1.82) is 0 Å². The summed E-state index contributed by atoms with van der Waals surface area (Å²) in [7, 11) is -2.22. The molecule has 1 heterocycles. The highest BCUT2D eigenvalue weighted by Gasteiger charge is 2.20. The van der Waals surface area contributed by atoms with Crippen LogP contribution in [0, 0.1) is 13.8 Å². The third kappa shape index (κ3) is 4.38. The third-order valence-electron chi connectivity index (χ3n) is 4.17. The van der Waals surface area contributed by atoms with Crippen LogP contribution in [0.4, 0.5) is 17.2 Å². The molecule has 0 bridgehead atoms. The fourth-order valence-electron chi connectivity index (χ4n) is 2.53. The first kappa shape index (κ1) is 18.7. The van der Waals surface area contributed by atoms with E-state index in [0.29, 0.717) is 17.1 Å². The van der Waals surface area contributed by atoms with Gasteiger partial charge in [-0.3, -0.25) is 4.72 Å². The van der Waals surface area contributed by atoms with Crippen LogP contribution in [-0.2, 0) is 10.0 Å². The van der Waals surface area contributed by atoms with Gasteiger partial charge < -0.3 is 10.1 Å². The summed E-state index contributed by atoms with van der Waals surface area (Å²) in [6.45, 7) is 3.92. The van der Waals surface area contributed by atoms with Crippen LogP contribution in [0.3, 0.4) is 0 Å². The third-order valence-corrected chi connectivity index (χ3v) is 5.58. The molecule has 6 nitrogen and oxygen atoms in total. The molecule has 0 aliphatic carbocycles. The number of pyridine rings is 1. The van der Waals surface area contributed by atoms with E-state index in [1.54, 1.807) is 55.8 Å². The molecular formula is C20H21N3O3S. The minimum Gasteiger partial charge on any atom is -0.497 e. The van der Waals surface area contributed by atoms with Gasteiger partial charge >= 0.3 is 0 Å². The zero-order valence-corrected chi connectivity index (χ0v) is 16.2. The van der Waals surface area contributed by atoms with Crippen LogP contribution in [-0.4, -0.2) is 20.5 Å². The summed E-state index contributed by atoms with van der Waals surface area (Å²) in [4.78, 5) is 4.26. The summed E-state index contributed by atoms with van der Waals surface area (Å²) in [5, 5.41) is 3.05. The van der Waals surface area contributed by atoms with Gasteiger partial charge in [-0.2, -0.15) is 0 Å². The van der Waals surface area contributed by atoms with Gasteiger partial charge in [0.2, 0.25) is 0 Å². The van der Waals surface area contributed by atoms with E-state index in [2.05, 4.69) is 15.0 Å². The maximum Gasteiger partial charge on any atom is 0.265 e. The average molecular weight is 383 g/mol. The highest BCUT2D eigenvalue weighted by Crippen LogP contribution is 2.26. The molecule has 3 aromatic rings. The molecule has 7 heteroatoms. The zero-order valence-electron chi connectivity index (χ0n) is 15.4. The largest absolute Gasteiger partial charge is 0.497 e. The number of aromatic nitrogens is 1. The molecule has 0 amide bonds. The number of aryl methyl sites for hydroxylation is 2. The molecule has 0 spiro atoms. The van der Waals surface area contributed by atoms with E-state index in [1.165, 1.54) is 6.07 Å². The zero-order chi connectivity index (χ0) is 19.4. The lowest BCUT2D eigenvalue weighted by atomic mass is 10.1. The Morgan fingerprint density at radius 1 is 0.926 bits per heavy atom. The minimum absolute atomic E-state index is 0.0686. The highest BCUT2D eigenvalue weighted by atomic mass is 32.2. The van der Waals surface area contributed by atoms with Crippen molar-refractivity contribution in [3.63, 3.8) is 0 Å². The number of hydrogen-bond acceptors (Lipinski definition) is 5. The maximum atomic E-state index is 12.9. The van der Waals surface area contributed by atoms with Crippen molar-refractivity contribution in [3.05, 3.63) is 71.9 Å². The molecule has 3 rings (SSSR count). The molecule has 1 aromatic heterocycles. The number of anilines is 3. The second kappa shape index (κ2) is 7.67. The Hall–Kier alpha value is -3.06. The molecule has 0 atom stereocenters. The molecule has 140 valence electrons. The molecule has 0 aliphatic rings. The predicted octanol–water partition coefficient (Wildman–Crippen LogP) is 4.25. The monoisotopic (exact) mass is 383 g/mol. The molecule has 0 saturated heterocycles. The summed E-state index contributed by atoms with van der Waals surface area (Å²) >= 11 is 0. The van der Waals surface area contributed by atoms with Crippen LogP contribution >= 0.6 is 0 Å². The Morgan fingerprint density at radius 3 is 2.30 bits per heavy atom. The van der Waals surface area contributed by atoms with Crippen LogP contribution in [0.25, 0.3) is 0 Å². The molecule has 0 unspecified atom stereocenters. The quantitative estimate of drug-likeness (QED) is 0.665. The molecular weight excluding hydrogens is 362 g/mol. The number of benzene rings is 2. The van der Waals surface area contributed by atoms with Gasteiger partial charge in [-0.15, -0.1) is 0 Å². The Kier molecular flexibility index (Phi) is 5.32. The lowest BCUT2D eigenvalue weighted by molar-refractivity contribution is 0.415. The highest BCUT2D eigenvalue weighted by molar-refractivity contribution is 7.92. The van der Waals surface area contributed by atoms with Crippen molar-refractivity contribution < 1.29 is 13.2 Å². The predicted molar refractivity (Wildman–Crippen MR) is 107 cm³/mol. The van der Waals surface area contributed by atoms with Gasteiger partial charge in [-0.1, -0.05) is 6.07 Å². The van der Waals surface area contributed by atoms with E-state index in [-0.39, 0.29) is 10.7 Å². The molecule has 2 aromatic carbocycles. The van der Waals surface area contributed by atoms with Crippen molar-refractivity contribution in [1.82, 2.24) is 4.98 Å². The van der Waals surface area contributed by atoms with Gasteiger partial charge in [0, 0.05) is 17.6 Å². The number of rotatable bonds is 6. The van der Waals surface area contributed by atoms with Crippen LogP contribution in [0.5, 0.6) is 5.75 Å². The topological polar surface area (TPSA) is 80.3 Å². The van der Waals surface area contributed by atoms with E-state index in [1.807, 2.05) is 19.9 Å². The number of sulfonamides is 1. The van der Waals surface area contributed by atoms with Crippen molar-refractivity contribution in [2.45, 2.75) is 18.7 Å². The second-order valence-corrected chi connectivity index (χ2v) is 7.76. The normalized spacial score (nSPS) is 11.1. The van der Waals surface area contributed by atoms with Crippen LogP contribution in [0.2, 0.25) is 0 Å². The summed E-state index contributed by atoms with van der Waals surface area (Å²) < 4.78 is 33.5. The Bertz CT molecular complexity index is 1050. The SMILES string of the molecule is COc1ccc(Nc2ncccc2S(=O)(=O)Nc2ccc(C)c(C)c2)cc1. The first-order valence-electron chi connectivity index (χ1n) is 8.35. The fourth-order valence-corrected chi connectivity index (χ4v) is 3.69. The number of ether oxygens (including phenoxy) is 1. The second-order valence-electron chi connectivity index (χ2n) is 6.11. The van der Waals surface area contributed by atoms with E-state index >= 15 is 0 Å². The van der Waals surface area contributed by atoms with Crippen molar-refractivity contribution in [2.75, 3.05) is 17.1 Å². The lowest BCUT2D eigenvalue weighted by Gasteiger charge is -2.14. The van der Waals surface area contributed by atoms with E-state index in [4.69, 9.17) is 4.74 Å². The molecule has 0 radical (unpaired) electrons. The Morgan fingerprint density at radius 2 is 1.63 bits per heavy atom. The molecule has 0 fully saturated rings. The standard InChI is InChI=1S/C20H21N3O3S/c1-14-6-7-17(13-15(14)2)23-27(24,25)19-5-4-12-21-20(19)22-16-8-10-18(26-3)11-9-16/h4-13,23H,1-3H3,(H,21,22). The number of nitrogens with zero attached hydrogens (tertiary/aromatic N) is 1. The van der Waals surface area contributed by atoms with Crippen molar-refractivity contribution in [3.8, 4) is 5.75 Å². The van der Waals surface area contributed by atoms with Gasteiger partial charge in [0.05, 0.1) is 7.11 Å². The first-order valence-corrected chi connectivity index (χ1v) is 9.83. The van der Waals surface area contributed by atoms with Gasteiger partial charge in [-0.05, 0) is 73.5 Å². The van der Waals surface area contributed by atoms with Crippen LogP contribution in [0.15, 0.2) is 65.7 Å². The molecule has 27 heavy (non-hydrogen) atoms. The summed E-state index contributed by atoms with van der Waals surface area (Å²) in [6, 6.07) is 15.7. The number of hydrogen-bond donors (Lipinski definition) is 2. The summed E-state index contributed by atoms with van der Waals surface area (Å²) in [5.41, 5.74) is 3.33. The van der Waals surface area contributed by atoms with E-state index in [9.17, 15) is 8.42 Å². The van der Waals surface area contributed by atoms with Gasteiger partial charge in [0.1, 0.15) is 10.6 Å². The van der Waals surface area contributed by atoms with Gasteiger partial charge in [0.25, 0.3) is 10.0 Å². The average Bonchev–Trinajstić information content (AvgIpc) is 2.65. The summed E-state index contributed by atoms with van der Waals surface area (Å²) in [5.74, 6) is 0.963. The summed E-state index contributed by atoms with van der Waals surface area (Å²) in [6.07, 6.45) is 1.54. The van der Waals surface area contributed by atoms with Crippen molar-refractivity contribution in [2.24, 2.45) is 0 Å². The number of nitrogens with one attached hydrogen (secondary N) is 2. The Balaban J connectivity index is 1.90. The van der Waals surface area contributed by atoms with E-state index in [0.717, 1.165) is 11.1 Å². The van der Waals surface area contributed by atoms with Crippen LogP contribution in [0.1, 0.15) is 11.1 Å². The maximum absolute atomic E-state index is 12.9. The molecule has 0 saturated carbocycles. The van der Waals surface area contributed by atoms with E-state index < -0.39 is 10.0 Å². The fraction of sp³-hybridized carbons (Fsp3) is 0.150. The van der Waals surface area contributed by atoms with Crippen LogP contribution < -0.4 is 14.8 Å². The van der Waals surface area contributed by atoms with Gasteiger partial charge in [-0.25, -0.2) is 13.4 Å². The smallest absolute Gasteiger partial charge is 0.265 e. The number of methoxy groups -OCH3 is 1. The molecule has 0 aliphatic heterocycles. The first-order chi connectivity index (χ1) is 12.9. The lowest BCUT2D eigenvalue weighted by Crippen LogP contribution is -2.15. The Labute approximate surface area is 159 Å². The van der Waals surface area contributed by atoms with Crippen molar-refractivity contribution >= 4 is 27.2 Å².